The smallest absolute Gasteiger partial charge is 0.185 e. The Hall–Kier alpha value is -1.43. The van der Waals surface area contributed by atoms with Gasteiger partial charge in [-0.25, -0.2) is 0 Å². The molecule has 1 heterocycles. The summed E-state index contributed by atoms with van der Waals surface area (Å²) in [6, 6.07) is 7.53. The van der Waals surface area contributed by atoms with Crippen LogP contribution >= 0.6 is 22.6 Å². The van der Waals surface area contributed by atoms with Crippen molar-refractivity contribution in [2.45, 2.75) is 6.92 Å². The molecule has 1 aromatic heterocycles. The molecule has 0 N–H and O–H groups in total. The number of rotatable bonds is 3. The van der Waals surface area contributed by atoms with Crippen LogP contribution in [0.3, 0.4) is 0 Å². The van der Waals surface area contributed by atoms with Crippen LogP contribution < -0.4 is 0 Å². The fraction of sp³-hybridized carbons (Fsp3) is 0.143. The monoisotopic (exact) mass is 352 g/mol. The lowest BCUT2D eigenvalue weighted by Crippen LogP contribution is -1.93. The predicted octanol–water partition coefficient (Wildman–Crippen LogP) is 3.23. The highest BCUT2D eigenvalue weighted by Gasteiger charge is 2.03. The zero-order chi connectivity index (χ0) is 13.1. The first-order valence-corrected chi connectivity index (χ1v) is 6.62. The number of allylic oxidation sites excluding steroid dienone is 1. The molecule has 0 fully saturated rings. The molecule has 0 unspecified atom stereocenters. The van der Waals surface area contributed by atoms with Crippen molar-refractivity contribution in [3.63, 3.8) is 0 Å². The number of aromatic nitrogens is 2. The topological polar surface area (TPSA) is 34.9 Å². The second kappa shape index (κ2) is 5.48. The van der Waals surface area contributed by atoms with Gasteiger partial charge in [0.1, 0.15) is 0 Å². The SMILES string of the molecule is Cc1nn(C)cc1C=CC(=O)c1ccc(I)cc1. The quantitative estimate of drug-likeness (QED) is 0.483. The van der Waals surface area contributed by atoms with E-state index in [9.17, 15) is 4.79 Å². The largest absolute Gasteiger partial charge is 0.289 e. The molecule has 0 spiro atoms. The van der Waals surface area contributed by atoms with Gasteiger partial charge >= 0.3 is 0 Å². The molecule has 18 heavy (non-hydrogen) atoms. The zero-order valence-electron chi connectivity index (χ0n) is 10.2. The van der Waals surface area contributed by atoms with E-state index < -0.39 is 0 Å². The number of halogens is 1. The number of carbonyl (C=O) groups excluding carboxylic acids is 1. The molecular formula is C14H13IN2O. The summed E-state index contributed by atoms with van der Waals surface area (Å²) < 4.78 is 2.86. The van der Waals surface area contributed by atoms with E-state index in [2.05, 4.69) is 27.7 Å². The minimum absolute atomic E-state index is 0.00894. The molecule has 4 heteroatoms. The fourth-order valence-electron chi connectivity index (χ4n) is 1.66. The van der Waals surface area contributed by atoms with Gasteiger partial charge in [0.2, 0.25) is 0 Å². The Bertz CT molecular complexity index is 597. The minimum Gasteiger partial charge on any atom is -0.289 e. The summed E-state index contributed by atoms with van der Waals surface area (Å²) in [4.78, 5) is 11.9. The van der Waals surface area contributed by atoms with E-state index in [1.54, 1.807) is 10.8 Å². The number of hydrogen-bond acceptors (Lipinski definition) is 2. The third-order valence-corrected chi connectivity index (χ3v) is 3.31. The number of hydrogen-bond donors (Lipinski definition) is 0. The lowest BCUT2D eigenvalue weighted by Gasteiger charge is -1.95. The van der Waals surface area contributed by atoms with Crippen molar-refractivity contribution >= 4 is 34.5 Å². The van der Waals surface area contributed by atoms with E-state index in [-0.39, 0.29) is 5.78 Å². The van der Waals surface area contributed by atoms with Crippen molar-refractivity contribution in [2.75, 3.05) is 0 Å². The third-order valence-electron chi connectivity index (χ3n) is 2.59. The van der Waals surface area contributed by atoms with Gasteiger partial charge in [0, 0.05) is 27.9 Å². The first kappa shape index (κ1) is 13.0. The van der Waals surface area contributed by atoms with Gasteiger partial charge in [-0.05, 0) is 53.8 Å². The predicted molar refractivity (Wildman–Crippen MR) is 80.5 cm³/mol. The Labute approximate surface area is 120 Å². The van der Waals surface area contributed by atoms with Crippen LogP contribution in [0.15, 0.2) is 36.5 Å². The van der Waals surface area contributed by atoms with Crippen LogP contribution in [-0.4, -0.2) is 15.6 Å². The summed E-state index contributed by atoms with van der Waals surface area (Å²) in [6.07, 6.45) is 5.29. The minimum atomic E-state index is 0.00894. The van der Waals surface area contributed by atoms with Gasteiger partial charge in [0.05, 0.1) is 5.69 Å². The Balaban J connectivity index is 2.16. The highest BCUT2D eigenvalue weighted by Crippen LogP contribution is 2.10. The van der Waals surface area contributed by atoms with Gasteiger partial charge < -0.3 is 0 Å². The molecule has 0 aliphatic heterocycles. The molecule has 0 bridgehead atoms. The summed E-state index contributed by atoms with van der Waals surface area (Å²) in [5.74, 6) is 0.00894. The number of benzene rings is 1. The lowest BCUT2D eigenvalue weighted by molar-refractivity contribution is 0.104. The Morgan fingerprint density at radius 3 is 2.56 bits per heavy atom. The molecular weight excluding hydrogens is 339 g/mol. The van der Waals surface area contributed by atoms with Crippen LogP contribution in [-0.2, 0) is 7.05 Å². The summed E-state index contributed by atoms with van der Waals surface area (Å²) in [5, 5.41) is 4.23. The van der Waals surface area contributed by atoms with E-state index >= 15 is 0 Å². The molecule has 3 nitrogen and oxygen atoms in total. The lowest BCUT2D eigenvalue weighted by atomic mass is 10.1. The average molecular weight is 352 g/mol. The molecule has 0 atom stereocenters. The number of aryl methyl sites for hydroxylation is 2. The van der Waals surface area contributed by atoms with Crippen molar-refractivity contribution in [1.82, 2.24) is 9.78 Å². The molecule has 0 aliphatic carbocycles. The Kier molecular flexibility index (Phi) is 3.96. The Morgan fingerprint density at radius 1 is 1.33 bits per heavy atom. The molecule has 0 aliphatic rings. The van der Waals surface area contributed by atoms with E-state index in [4.69, 9.17) is 0 Å². The molecule has 0 saturated carbocycles. The average Bonchev–Trinajstić information content (AvgIpc) is 2.66. The van der Waals surface area contributed by atoms with Crippen molar-refractivity contribution in [3.05, 3.63) is 56.9 Å². The molecule has 1 aromatic carbocycles. The van der Waals surface area contributed by atoms with Crippen LogP contribution in [0.25, 0.3) is 6.08 Å². The highest BCUT2D eigenvalue weighted by molar-refractivity contribution is 14.1. The standard InChI is InChI=1S/C14H13IN2O/c1-10-12(9-17(2)16-10)5-8-14(18)11-3-6-13(15)7-4-11/h3-9H,1-2H3. The van der Waals surface area contributed by atoms with E-state index in [0.29, 0.717) is 5.56 Å². The number of ketones is 1. The summed E-state index contributed by atoms with van der Waals surface area (Å²) in [5.41, 5.74) is 2.59. The fourth-order valence-corrected chi connectivity index (χ4v) is 2.02. The Morgan fingerprint density at radius 2 is 2.00 bits per heavy atom. The normalized spacial score (nSPS) is 11.1. The maximum atomic E-state index is 11.9. The van der Waals surface area contributed by atoms with Gasteiger partial charge in [0.15, 0.2) is 5.78 Å². The van der Waals surface area contributed by atoms with E-state index in [0.717, 1.165) is 14.8 Å². The number of nitrogens with zero attached hydrogens (tertiary/aromatic N) is 2. The van der Waals surface area contributed by atoms with Crippen molar-refractivity contribution < 1.29 is 4.79 Å². The molecule has 0 radical (unpaired) electrons. The van der Waals surface area contributed by atoms with Crippen molar-refractivity contribution in [3.8, 4) is 0 Å². The van der Waals surface area contributed by atoms with Gasteiger partial charge in [-0.1, -0.05) is 12.1 Å². The van der Waals surface area contributed by atoms with Gasteiger partial charge in [-0.15, -0.1) is 0 Å². The zero-order valence-corrected chi connectivity index (χ0v) is 12.4. The maximum Gasteiger partial charge on any atom is 0.185 e. The summed E-state index contributed by atoms with van der Waals surface area (Å²) in [7, 11) is 1.87. The first-order chi connectivity index (χ1) is 8.56. The number of carbonyl (C=O) groups is 1. The molecule has 0 saturated heterocycles. The van der Waals surface area contributed by atoms with Gasteiger partial charge in [-0.2, -0.15) is 5.10 Å². The molecule has 2 aromatic rings. The molecule has 0 amide bonds. The molecule has 92 valence electrons. The third kappa shape index (κ3) is 3.07. The van der Waals surface area contributed by atoms with E-state index in [1.165, 1.54) is 0 Å². The highest BCUT2D eigenvalue weighted by atomic mass is 127. The second-order valence-corrected chi connectivity index (χ2v) is 5.29. The first-order valence-electron chi connectivity index (χ1n) is 5.54. The maximum absolute atomic E-state index is 11.9. The summed E-state index contributed by atoms with van der Waals surface area (Å²) >= 11 is 2.22. The van der Waals surface area contributed by atoms with Crippen LogP contribution in [0, 0.1) is 10.5 Å². The van der Waals surface area contributed by atoms with Crippen molar-refractivity contribution in [1.29, 1.82) is 0 Å². The summed E-state index contributed by atoms with van der Waals surface area (Å²) in [6.45, 7) is 1.93. The van der Waals surface area contributed by atoms with Crippen molar-refractivity contribution in [2.24, 2.45) is 7.05 Å². The van der Waals surface area contributed by atoms with Crippen LogP contribution in [0.5, 0.6) is 0 Å². The van der Waals surface area contributed by atoms with Crippen LogP contribution in [0.4, 0.5) is 0 Å². The van der Waals surface area contributed by atoms with Crippen LogP contribution in [0.1, 0.15) is 21.6 Å². The van der Waals surface area contributed by atoms with Gasteiger partial charge in [-0.3, -0.25) is 9.48 Å². The van der Waals surface area contributed by atoms with Gasteiger partial charge in [0.25, 0.3) is 0 Å². The van der Waals surface area contributed by atoms with Crippen LogP contribution in [0.2, 0.25) is 0 Å². The van der Waals surface area contributed by atoms with E-state index in [1.807, 2.05) is 50.5 Å². The second-order valence-electron chi connectivity index (χ2n) is 4.05. The molecule has 2 rings (SSSR count).